The van der Waals surface area contributed by atoms with Crippen LogP contribution in [0.1, 0.15) is 39.2 Å². The third-order valence-corrected chi connectivity index (χ3v) is 3.18. The van der Waals surface area contributed by atoms with Gasteiger partial charge in [-0.15, -0.1) is 0 Å². The largest absolute Gasteiger partial charge is 0.418 e. The molecular weight excluding hydrogens is 281 g/mol. The van der Waals surface area contributed by atoms with Crippen LogP contribution in [0.3, 0.4) is 0 Å². The van der Waals surface area contributed by atoms with Crippen molar-refractivity contribution in [1.29, 1.82) is 0 Å². The number of halogens is 3. The molecule has 0 aliphatic carbocycles. The van der Waals surface area contributed by atoms with Crippen LogP contribution in [0.25, 0.3) is 0 Å². The maximum absolute atomic E-state index is 12.8. The fraction of sp³-hybridized carbons (Fsp3) is 0.533. The van der Waals surface area contributed by atoms with E-state index in [1.807, 2.05) is 20.8 Å². The quantitative estimate of drug-likeness (QED) is 0.839. The van der Waals surface area contributed by atoms with E-state index in [1.54, 1.807) is 0 Å². The van der Waals surface area contributed by atoms with E-state index in [9.17, 15) is 18.0 Å². The van der Waals surface area contributed by atoms with E-state index in [4.69, 9.17) is 0 Å². The highest BCUT2D eigenvalue weighted by Gasteiger charge is 2.33. The van der Waals surface area contributed by atoms with Crippen molar-refractivity contribution in [2.45, 2.75) is 51.9 Å². The summed E-state index contributed by atoms with van der Waals surface area (Å²) in [4.78, 5) is 11.9. The molecule has 0 saturated heterocycles. The Morgan fingerprint density at radius 1 is 1.19 bits per heavy atom. The summed E-state index contributed by atoms with van der Waals surface area (Å²) < 4.78 is 38.4. The molecule has 1 aromatic rings. The monoisotopic (exact) mass is 302 g/mol. The first-order valence-corrected chi connectivity index (χ1v) is 6.96. The number of carbonyl (C=O) groups excluding carboxylic acids is 1. The average Bonchev–Trinajstić information content (AvgIpc) is 2.37. The summed E-state index contributed by atoms with van der Waals surface area (Å²) in [5, 5.41) is 5.55. The van der Waals surface area contributed by atoms with Gasteiger partial charge in [0, 0.05) is 18.5 Å². The SMILES string of the molecule is CCC(C)NC(C)CC(=O)Nc1ccccc1C(F)(F)F. The fourth-order valence-corrected chi connectivity index (χ4v) is 1.98. The van der Waals surface area contributed by atoms with E-state index in [0.29, 0.717) is 0 Å². The van der Waals surface area contributed by atoms with Gasteiger partial charge in [0.05, 0.1) is 11.3 Å². The van der Waals surface area contributed by atoms with Crippen molar-refractivity contribution < 1.29 is 18.0 Å². The minimum absolute atomic E-state index is 0.0991. The van der Waals surface area contributed by atoms with Gasteiger partial charge in [0.25, 0.3) is 0 Å². The van der Waals surface area contributed by atoms with Crippen LogP contribution in [-0.4, -0.2) is 18.0 Å². The van der Waals surface area contributed by atoms with Crippen LogP contribution in [0.2, 0.25) is 0 Å². The molecule has 2 atom stereocenters. The molecular formula is C15H21F3N2O. The molecule has 0 spiro atoms. The molecule has 2 unspecified atom stereocenters. The molecule has 0 aliphatic heterocycles. The van der Waals surface area contributed by atoms with Crippen LogP contribution < -0.4 is 10.6 Å². The van der Waals surface area contributed by atoms with Gasteiger partial charge < -0.3 is 10.6 Å². The molecule has 118 valence electrons. The van der Waals surface area contributed by atoms with Crippen molar-refractivity contribution in [1.82, 2.24) is 5.32 Å². The van der Waals surface area contributed by atoms with Crippen LogP contribution in [0.15, 0.2) is 24.3 Å². The Balaban J connectivity index is 2.68. The van der Waals surface area contributed by atoms with Crippen LogP contribution >= 0.6 is 0 Å². The maximum atomic E-state index is 12.8. The lowest BCUT2D eigenvalue weighted by molar-refractivity contribution is -0.137. The highest BCUT2D eigenvalue weighted by molar-refractivity contribution is 5.92. The summed E-state index contributed by atoms with van der Waals surface area (Å²) in [5.41, 5.74) is -1.04. The number of amides is 1. The first-order valence-electron chi connectivity index (χ1n) is 6.96. The van der Waals surface area contributed by atoms with Gasteiger partial charge in [0.2, 0.25) is 5.91 Å². The Bertz CT molecular complexity index is 474. The minimum atomic E-state index is -4.48. The lowest BCUT2D eigenvalue weighted by atomic mass is 10.1. The average molecular weight is 302 g/mol. The number of nitrogens with one attached hydrogen (secondary N) is 2. The summed E-state index contributed by atoms with van der Waals surface area (Å²) in [5.74, 6) is -0.435. The number of hydrogen-bond acceptors (Lipinski definition) is 2. The maximum Gasteiger partial charge on any atom is 0.418 e. The topological polar surface area (TPSA) is 41.1 Å². The molecule has 1 amide bonds. The number of benzene rings is 1. The van der Waals surface area contributed by atoms with Crippen LogP contribution in [-0.2, 0) is 11.0 Å². The molecule has 0 saturated carbocycles. The molecule has 0 heterocycles. The summed E-state index contributed by atoms with van der Waals surface area (Å²) in [6.07, 6.45) is -3.44. The summed E-state index contributed by atoms with van der Waals surface area (Å²) in [6, 6.07) is 5.13. The number of carbonyl (C=O) groups is 1. The Kier molecular flexibility index (Phi) is 6.20. The van der Waals surface area contributed by atoms with Crippen molar-refractivity contribution in [3.8, 4) is 0 Å². The smallest absolute Gasteiger partial charge is 0.325 e. The van der Waals surface area contributed by atoms with Gasteiger partial charge in [-0.1, -0.05) is 19.1 Å². The second-order valence-corrected chi connectivity index (χ2v) is 5.17. The summed E-state index contributed by atoms with van der Waals surface area (Å²) >= 11 is 0. The Morgan fingerprint density at radius 2 is 1.81 bits per heavy atom. The Morgan fingerprint density at radius 3 is 2.38 bits per heavy atom. The first kappa shape index (κ1) is 17.5. The van der Waals surface area contributed by atoms with Gasteiger partial charge in [-0.2, -0.15) is 13.2 Å². The number of rotatable bonds is 6. The number of hydrogen-bond donors (Lipinski definition) is 2. The lowest BCUT2D eigenvalue weighted by Gasteiger charge is -2.19. The van der Waals surface area contributed by atoms with E-state index in [1.165, 1.54) is 18.2 Å². The van der Waals surface area contributed by atoms with Gasteiger partial charge in [-0.3, -0.25) is 4.79 Å². The predicted molar refractivity (Wildman–Crippen MR) is 77.0 cm³/mol. The van der Waals surface area contributed by atoms with Crippen molar-refractivity contribution >= 4 is 11.6 Å². The number of alkyl halides is 3. The molecule has 3 nitrogen and oxygen atoms in total. The van der Waals surface area contributed by atoms with Gasteiger partial charge >= 0.3 is 6.18 Å². The summed E-state index contributed by atoms with van der Waals surface area (Å²) in [7, 11) is 0. The third kappa shape index (κ3) is 5.75. The minimum Gasteiger partial charge on any atom is -0.325 e. The molecule has 0 fully saturated rings. The molecule has 2 N–H and O–H groups in total. The summed E-state index contributed by atoms with van der Waals surface area (Å²) in [6.45, 7) is 5.85. The van der Waals surface area contributed by atoms with E-state index in [-0.39, 0.29) is 24.2 Å². The van der Waals surface area contributed by atoms with Crippen molar-refractivity contribution in [2.75, 3.05) is 5.32 Å². The molecule has 6 heteroatoms. The first-order chi connectivity index (χ1) is 9.74. The molecule has 1 aromatic carbocycles. The zero-order valence-electron chi connectivity index (χ0n) is 12.4. The number of anilines is 1. The second-order valence-electron chi connectivity index (χ2n) is 5.17. The molecule has 0 aliphatic rings. The normalized spacial score (nSPS) is 14.6. The van der Waals surface area contributed by atoms with Gasteiger partial charge in [0.1, 0.15) is 0 Å². The zero-order chi connectivity index (χ0) is 16.0. The van der Waals surface area contributed by atoms with E-state index in [2.05, 4.69) is 10.6 Å². The number of para-hydroxylation sites is 1. The highest BCUT2D eigenvalue weighted by Crippen LogP contribution is 2.34. The van der Waals surface area contributed by atoms with E-state index < -0.39 is 17.6 Å². The highest BCUT2D eigenvalue weighted by atomic mass is 19.4. The van der Waals surface area contributed by atoms with Crippen LogP contribution in [0.5, 0.6) is 0 Å². The molecule has 0 aromatic heterocycles. The van der Waals surface area contributed by atoms with Gasteiger partial charge in [-0.25, -0.2) is 0 Å². The van der Waals surface area contributed by atoms with E-state index >= 15 is 0 Å². The Labute approximate surface area is 122 Å². The molecule has 0 bridgehead atoms. The standard InChI is InChI=1S/C15H21F3N2O/c1-4-10(2)19-11(3)9-14(21)20-13-8-6-5-7-12(13)15(16,17)18/h5-8,10-11,19H,4,9H2,1-3H3,(H,20,21). The van der Waals surface area contributed by atoms with Crippen LogP contribution in [0.4, 0.5) is 18.9 Å². The lowest BCUT2D eigenvalue weighted by Crippen LogP contribution is -2.36. The Hall–Kier alpha value is -1.56. The zero-order valence-corrected chi connectivity index (χ0v) is 12.4. The molecule has 0 radical (unpaired) electrons. The fourth-order valence-electron chi connectivity index (χ4n) is 1.98. The van der Waals surface area contributed by atoms with Gasteiger partial charge in [-0.05, 0) is 32.4 Å². The van der Waals surface area contributed by atoms with Gasteiger partial charge in [0.15, 0.2) is 0 Å². The second kappa shape index (κ2) is 7.45. The molecule has 1 rings (SSSR count). The van der Waals surface area contributed by atoms with Crippen LogP contribution in [0, 0.1) is 0 Å². The molecule has 21 heavy (non-hydrogen) atoms. The van der Waals surface area contributed by atoms with Crippen molar-refractivity contribution in [3.05, 3.63) is 29.8 Å². The van der Waals surface area contributed by atoms with Crippen molar-refractivity contribution in [3.63, 3.8) is 0 Å². The van der Waals surface area contributed by atoms with Crippen molar-refractivity contribution in [2.24, 2.45) is 0 Å². The van der Waals surface area contributed by atoms with E-state index in [0.717, 1.165) is 12.5 Å². The predicted octanol–water partition coefficient (Wildman–Crippen LogP) is 3.81. The third-order valence-electron chi connectivity index (χ3n) is 3.18.